The molecule has 2 aliphatic rings. The third-order valence-corrected chi connectivity index (χ3v) is 5.69. The van der Waals surface area contributed by atoms with Gasteiger partial charge in [0.1, 0.15) is 0 Å². The van der Waals surface area contributed by atoms with Crippen LogP contribution in [0.15, 0.2) is 4.52 Å². The fourth-order valence-corrected chi connectivity index (χ4v) is 4.27. The van der Waals surface area contributed by atoms with Gasteiger partial charge in [0.15, 0.2) is 5.82 Å². The highest BCUT2D eigenvalue weighted by Gasteiger charge is 2.29. The van der Waals surface area contributed by atoms with Crippen LogP contribution in [0.4, 0.5) is 0 Å². The van der Waals surface area contributed by atoms with Gasteiger partial charge in [0.25, 0.3) is 0 Å². The number of aromatic nitrogens is 2. The van der Waals surface area contributed by atoms with Gasteiger partial charge in [-0.2, -0.15) is 16.7 Å². The van der Waals surface area contributed by atoms with Crippen molar-refractivity contribution in [1.82, 2.24) is 15.5 Å². The van der Waals surface area contributed by atoms with Gasteiger partial charge < -0.3 is 9.84 Å². The fraction of sp³-hybridized carbons (Fsp3) is 0.857. The van der Waals surface area contributed by atoms with Crippen LogP contribution < -0.4 is 5.32 Å². The first-order valence-electron chi connectivity index (χ1n) is 7.50. The quantitative estimate of drug-likeness (QED) is 0.919. The van der Waals surface area contributed by atoms with Crippen LogP contribution in [0.5, 0.6) is 0 Å². The Balaban J connectivity index is 1.52. The van der Waals surface area contributed by atoms with E-state index >= 15 is 0 Å². The summed E-state index contributed by atoms with van der Waals surface area (Å²) in [7, 11) is 0. The lowest BCUT2D eigenvalue weighted by molar-refractivity contribution is 0.342. The van der Waals surface area contributed by atoms with Gasteiger partial charge in [-0.1, -0.05) is 24.4 Å². The summed E-state index contributed by atoms with van der Waals surface area (Å²) >= 11 is 2.01. The van der Waals surface area contributed by atoms with Crippen molar-refractivity contribution < 1.29 is 4.52 Å². The first-order valence-corrected chi connectivity index (χ1v) is 8.55. The topological polar surface area (TPSA) is 51.0 Å². The molecule has 2 atom stereocenters. The SMILES string of the molecule is CC1NCCC1c1nc(CSC2CCCCC2)no1. The number of thioether (sulfide) groups is 1. The molecule has 1 aromatic heterocycles. The van der Waals surface area contributed by atoms with Crippen LogP contribution in [-0.2, 0) is 5.75 Å². The minimum atomic E-state index is 0.404. The van der Waals surface area contributed by atoms with Crippen molar-refractivity contribution in [2.45, 2.75) is 68.4 Å². The van der Waals surface area contributed by atoms with Gasteiger partial charge in [0.05, 0.1) is 11.7 Å². The van der Waals surface area contributed by atoms with Crippen molar-refractivity contribution in [2.75, 3.05) is 6.54 Å². The number of nitrogens with zero attached hydrogens (tertiary/aromatic N) is 2. The van der Waals surface area contributed by atoms with Crippen molar-refractivity contribution in [1.29, 1.82) is 0 Å². The summed E-state index contributed by atoms with van der Waals surface area (Å²) < 4.78 is 5.44. The molecule has 1 aliphatic carbocycles. The molecule has 0 amide bonds. The molecular weight excluding hydrogens is 258 g/mol. The highest BCUT2D eigenvalue weighted by molar-refractivity contribution is 7.99. The van der Waals surface area contributed by atoms with Gasteiger partial charge in [-0.25, -0.2) is 0 Å². The highest BCUT2D eigenvalue weighted by Crippen LogP contribution is 2.31. The number of hydrogen-bond donors (Lipinski definition) is 1. The molecular formula is C14H23N3OS. The molecule has 0 aromatic carbocycles. The second-order valence-electron chi connectivity index (χ2n) is 5.76. The minimum absolute atomic E-state index is 0.404. The lowest BCUT2D eigenvalue weighted by Gasteiger charge is -2.20. The summed E-state index contributed by atoms with van der Waals surface area (Å²) in [5.74, 6) is 3.02. The standard InChI is InChI=1S/C14H23N3OS/c1-10-12(7-8-15-10)14-16-13(17-18-14)9-19-11-5-3-2-4-6-11/h10-12,15H,2-9H2,1H3. The van der Waals surface area contributed by atoms with E-state index in [0.717, 1.165) is 35.7 Å². The van der Waals surface area contributed by atoms with E-state index in [1.165, 1.54) is 32.1 Å². The molecule has 19 heavy (non-hydrogen) atoms. The van der Waals surface area contributed by atoms with Crippen LogP contribution >= 0.6 is 11.8 Å². The molecule has 3 rings (SSSR count). The molecule has 0 radical (unpaired) electrons. The van der Waals surface area contributed by atoms with E-state index in [1.54, 1.807) is 0 Å². The molecule has 1 saturated carbocycles. The summed E-state index contributed by atoms with van der Waals surface area (Å²) in [4.78, 5) is 4.59. The highest BCUT2D eigenvalue weighted by atomic mass is 32.2. The van der Waals surface area contributed by atoms with E-state index in [0.29, 0.717) is 12.0 Å². The molecule has 0 bridgehead atoms. The summed E-state index contributed by atoms with van der Waals surface area (Å²) in [5.41, 5.74) is 0. The Morgan fingerprint density at radius 2 is 2.11 bits per heavy atom. The maximum atomic E-state index is 5.44. The summed E-state index contributed by atoms with van der Waals surface area (Å²) in [6, 6.07) is 0.458. The summed E-state index contributed by atoms with van der Waals surface area (Å²) in [5, 5.41) is 8.38. The summed E-state index contributed by atoms with van der Waals surface area (Å²) in [6.07, 6.45) is 8.02. The molecule has 2 fully saturated rings. The third-order valence-electron chi connectivity index (χ3n) is 4.33. The van der Waals surface area contributed by atoms with Gasteiger partial charge in [0, 0.05) is 11.3 Å². The maximum Gasteiger partial charge on any atom is 0.231 e. The molecule has 0 spiro atoms. The lowest BCUT2D eigenvalue weighted by Crippen LogP contribution is -2.21. The van der Waals surface area contributed by atoms with Gasteiger partial charge in [0.2, 0.25) is 5.89 Å². The molecule has 1 N–H and O–H groups in total. The largest absolute Gasteiger partial charge is 0.339 e. The normalized spacial score (nSPS) is 28.9. The van der Waals surface area contributed by atoms with Gasteiger partial charge in [-0.3, -0.25) is 0 Å². The van der Waals surface area contributed by atoms with Crippen molar-refractivity contribution in [2.24, 2.45) is 0 Å². The first kappa shape index (κ1) is 13.4. The van der Waals surface area contributed by atoms with Crippen molar-refractivity contribution >= 4 is 11.8 Å². The van der Waals surface area contributed by atoms with Crippen LogP contribution in [0.1, 0.15) is 63.1 Å². The zero-order valence-electron chi connectivity index (χ0n) is 11.6. The fourth-order valence-electron chi connectivity index (χ4n) is 3.10. The van der Waals surface area contributed by atoms with Crippen LogP contribution in [0.3, 0.4) is 0 Å². The first-order chi connectivity index (χ1) is 9.33. The van der Waals surface area contributed by atoms with E-state index in [4.69, 9.17) is 4.52 Å². The maximum absolute atomic E-state index is 5.44. The summed E-state index contributed by atoms with van der Waals surface area (Å²) in [6.45, 7) is 3.25. The van der Waals surface area contributed by atoms with Gasteiger partial charge >= 0.3 is 0 Å². The van der Waals surface area contributed by atoms with Crippen molar-refractivity contribution in [3.05, 3.63) is 11.7 Å². The van der Waals surface area contributed by atoms with Gasteiger partial charge in [-0.15, -0.1) is 0 Å². The Hall–Kier alpha value is -0.550. The molecule has 106 valence electrons. The Morgan fingerprint density at radius 1 is 1.26 bits per heavy atom. The van der Waals surface area contributed by atoms with Gasteiger partial charge in [-0.05, 0) is 32.7 Å². The van der Waals surface area contributed by atoms with Crippen LogP contribution in [-0.4, -0.2) is 28.0 Å². The second kappa shape index (κ2) is 6.27. The Bertz CT molecular complexity index is 403. The number of rotatable bonds is 4. The Labute approximate surface area is 119 Å². The van der Waals surface area contributed by atoms with E-state index < -0.39 is 0 Å². The third kappa shape index (κ3) is 3.31. The predicted molar refractivity (Wildman–Crippen MR) is 77.3 cm³/mol. The Kier molecular flexibility index (Phi) is 4.43. The molecule has 2 unspecified atom stereocenters. The Morgan fingerprint density at radius 3 is 2.84 bits per heavy atom. The average Bonchev–Trinajstić information content (AvgIpc) is 3.06. The van der Waals surface area contributed by atoms with Crippen molar-refractivity contribution in [3.8, 4) is 0 Å². The number of hydrogen-bond acceptors (Lipinski definition) is 5. The van der Waals surface area contributed by atoms with Crippen LogP contribution in [0.2, 0.25) is 0 Å². The molecule has 1 saturated heterocycles. The average molecular weight is 281 g/mol. The van der Waals surface area contributed by atoms with E-state index in [1.807, 2.05) is 11.8 Å². The molecule has 1 aliphatic heterocycles. The number of nitrogens with one attached hydrogen (secondary N) is 1. The minimum Gasteiger partial charge on any atom is -0.339 e. The van der Waals surface area contributed by atoms with E-state index in [-0.39, 0.29) is 0 Å². The molecule has 1 aromatic rings. The zero-order valence-corrected chi connectivity index (χ0v) is 12.4. The zero-order chi connectivity index (χ0) is 13.1. The second-order valence-corrected chi connectivity index (χ2v) is 7.05. The predicted octanol–water partition coefficient (Wildman–Crippen LogP) is 3.10. The molecule has 5 heteroatoms. The lowest BCUT2D eigenvalue weighted by atomic mass is 10.0. The van der Waals surface area contributed by atoms with E-state index in [9.17, 15) is 0 Å². The molecule has 4 nitrogen and oxygen atoms in total. The smallest absolute Gasteiger partial charge is 0.231 e. The van der Waals surface area contributed by atoms with Crippen LogP contribution in [0, 0.1) is 0 Å². The van der Waals surface area contributed by atoms with Crippen molar-refractivity contribution in [3.63, 3.8) is 0 Å². The van der Waals surface area contributed by atoms with Crippen LogP contribution in [0.25, 0.3) is 0 Å². The molecule has 2 heterocycles. The monoisotopic (exact) mass is 281 g/mol. The van der Waals surface area contributed by atoms with E-state index in [2.05, 4.69) is 22.4 Å².